The van der Waals surface area contributed by atoms with Gasteiger partial charge in [0.1, 0.15) is 0 Å². The molecule has 2 rings (SSSR count). The van der Waals surface area contributed by atoms with Gasteiger partial charge >= 0.3 is 0 Å². The van der Waals surface area contributed by atoms with E-state index in [9.17, 15) is 18.0 Å². The molecule has 0 radical (unpaired) electrons. The number of halogens is 1. The van der Waals surface area contributed by atoms with Crippen LogP contribution in [0, 0.1) is 11.8 Å². The van der Waals surface area contributed by atoms with Gasteiger partial charge in [-0.1, -0.05) is 50.5 Å². The van der Waals surface area contributed by atoms with E-state index in [0.29, 0.717) is 24.0 Å². The van der Waals surface area contributed by atoms with Gasteiger partial charge in [-0.15, -0.1) is 0 Å². The molecule has 0 bridgehead atoms. The summed E-state index contributed by atoms with van der Waals surface area (Å²) in [5, 5.41) is 0. The summed E-state index contributed by atoms with van der Waals surface area (Å²) in [6.45, 7) is 2.02. The number of carbonyl (C=O) groups excluding carboxylic acids is 2. The van der Waals surface area contributed by atoms with Crippen LogP contribution in [0.3, 0.4) is 0 Å². The van der Waals surface area contributed by atoms with Gasteiger partial charge in [-0.3, -0.25) is 9.59 Å². The van der Waals surface area contributed by atoms with E-state index in [1.807, 2.05) is 6.92 Å². The molecule has 0 heterocycles. The fraction of sp³-hybridized carbons (Fsp3) is 0.556. The van der Waals surface area contributed by atoms with Gasteiger partial charge in [-0.05, 0) is 18.8 Å². The van der Waals surface area contributed by atoms with Crippen molar-refractivity contribution in [1.29, 1.82) is 0 Å². The quantitative estimate of drug-likeness (QED) is 0.507. The van der Waals surface area contributed by atoms with E-state index in [2.05, 4.69) is 0 Å². The number of carbonyl (C=O) groups is 2. The number of benzene rings is 1. The summed E-state index contributed by atoms with van der Waals surface area (Å²) in [5.41, 5.74) is 1.10. The van der Waals surface area contributed by atoms with Crippen molar-refractivity contribution in [2.45, 2.75) is 45.4 Å². The fourth-order valence-electron chi connectivity index (χ4n) is 3.30. The molecular weight excluding hydrogens is 348 g/mol. The molecule has 6 heteroatoms. The molecule has 132 valence electrons. The van der Waals surface area contributed by atoms with Crippen molar-refractivity contribution in [3.63, 3.8) is 0 Å². The highest BCUT2D eigenvalue weighted by Gasteiger charge is 2.35. The molecule has 0 fully saturated rings. The van der Waals surface area contributed by atoms with Crippen LogP contribution in [0.4, 0.5) is 0 Å². The average molecular weight is 371 g/mol. The first-order valence-corrected chi connectivity index (χ1v) is 10.9. The second kappa shape index (κ2) is 8.26. The number of hydrogen-bond donors (Lipinski definition) is 0. The van der Waals surface area contributed by atoms with Crippen LogP contribution in [0.1, 0.15) is 66.2 Å². The van der Waals surface area contributed by atoms with Crippen LogP contribution in [0.15, 0.2) is 24.3 Å². The minimum Gasteiger partial charge on any atom is -0.294 e. The van der Waals surface area contributed by atoms with Gasteiger partial charge in [0.15, 0.2) is 11.6 Å². The SMILES string of the molecule is CC(CCCCCCS(=O)(=O)Cl)C1CC(=O)c2ccccc2C1=O. The monoisotopic (exact) mass is 370 g/mol. The van der Waals surface area contributed by atoms with Gasteiger partial charge in [0, 0.05) is 34.1 Å². The van der Waals surface area contributed by atoms with Gasteiger partial charge in [-0.2, -0.15) is 0 Å². The minimum atomic E-state index is -3.40. The lowest BCUT2D eigenvalue weighted by Gasteiger charge is -2.27. The zero-order chi connectivity index (χ0) is 17.7. The van der Waals surface area contributed by atoms with Crippen molar-refractivity contribution in [2.24, 2.45) is 11.8 Å². The zero-order valence-corrected chi connectivity index (χ0v) is 15.4. The predicted molar refractivity (Wildman–Crippen MR) is 95.1 cm³/mol. The Morgan fingerprint density at radius 2 is 1.71 bits per heavy atom. The standard InChI is InChI=1S/C18H23ClO4S/c1-13(8-4-2-3-7-11-24(19,22)23)16-12-17(20)14-9-5-6-10-15(14)18(16)21/h5-6,9-10,13,16H,2-4,7-8,11-12H2,1H3. The topological polar surface area (TPSA) is 68.3 Å². The second-order valence-corrected chi connectivity index (χ2v) is 9.46. The molecule has 4 nitrogen and oxygen atoms in total. The third-order valence-corrected chi connectivity index (χ3v) is 5.96. The Hall–Kier alpha value is -1.20. The first-order chi connectivity index (χ1) is 11.3. The molecule has 0 saturated heterocycles. The Labute approximate surface area is 148 Å². The van der Waals surface area contributed by atoms with Gasteiger partial charge in [0.05, 0.1) is 5.75 Å². The molecule has 0 aliphatic heterocycles. The minimum absolute atomic E-state index is 0.0104. The normalized spacial score (nSPS) is 19.2. The van der Waals surface area contributed by atoms with E-state index in [4.69, 9.17) is 10.7 Å². The van der Waals surface area contributed by atoms with E-state index in [0.717, 1.165) is 25.7 Å². The number of ketones is 2. The van der Waals surface area contributed by atoms with Crippen molar-refractivity contribution in [2.75, 3.05) is 5.75 Å². The lowest BCUT2D eigenvalue weighted by atomic mass is 9.74. The maximum atomic E-state index is 12.6. The summed E-state index contributed by atoms with van der Waals surface area (Å²) in [4.78, 5) is 24.8. The number of Topliss-reactive ketones (excluding diaryl/α,β-unsaturated/α-hetero) is 2. The highest BCUT2D eigenvalue weighted by molar-refractivity contribution is 8.13. The third kappa shape index (κ3) is 5.15. The van der Waals surface area contributed by atoms with E-state index >= 15 is 0 Å². The van der Waals surface area contributed by atoms with Crippen molar-refractivity contribution in [3.8, 4) is 0 Å². The third-order valence-electron chi connectivity index (χ3n) is 4.72. The van der Waals surface area contributed by atoms with Crippen LogP contribution in [0.5, 0.6) is 0 Å². The van der Waals surface area contributed by atoms with E-state index < -0.39 is 9.05 Å². The Morgan fingerprint density at radius 3 is 2.38 bits per heavy atom. The Bertz CT molecular complexity index is 711. The molecule has 0 N–H and O–H groups in total. The van der Waals surface area contributed by atoms with Gasteiger partial charge in [0.2, 0.25) is 9.05 Å². The molecule has 0 amide bonds. The lowest BCUT2D eigenvalue weighted by Crippen LogP contribution is -2.31. The summed E-state index contributed by atoms with van der Waals surface area (Å²) in [6, 6.07) is 7.04. The highest BCUT2D eigenvalue weighted by atomic mass is 35.7. The van der Waals surface area contributed by atoms with E-state index in [1.165, 1.54) is 0 Å². The molecule has 0 spiro atoms. The van der Waals surface area contributed by atoms with Crippen molar-refractivity contribution < 1.29 is 18.0 Å². The molecule has 1 aliphatic rings. The van der Waals surface area contributed by atoms with Crippen molar-refractivity contribution >= 4 is 31.3 Å². The summed E-state index contributed by atoms with van der Waals surface area (Å²) in [5.74, 6) is 0.0405. The molecule has 2 unspecified atom stereocenters. The maximum Gasteiger partial charge on any atom is 0.232 e. The van der Waals surface area contributed by atoms with Gasteiger partial charge in [0.25, 0.3) is 0 Å². The summed E-state index contributed by atoms with van der Waals surface area (Å²) in [6.07, 6.45) is 4.35. The highest BCUT2D eigenvalue weighted by Crippen LogP contribution is 2.32. The molecule has 1 aliphatic carbocycles. The second-order valence-electron chi connectivity index (χ2n) is 6.57. The molecule has 0 aromatic heterocycles. The maximum absolute atomic E-state index is 12.6. The van der Waals surface area contributed by atoms with Crippen LogP contribution in [0.2, 0.25) is 0 Å². The molecule has 1 aromatic rings. The van der Waals surface area contributed by atoms with Crippen LogP contribution in [0.25, 0.3) is 0 Å². The summed E-state index contributed by atoms with van der Waals surface area (Å²) < 4.78 is 21.7. The number of unbranched alkanes of at least 4 members (excludes halogenated alkanes) is 3. The van der Waals surface area contributed by atoms with E-state index in [-0.39, 0.29) is 29.2 Å². The molecule has 2 atom stereocenters. The first-order valence-electron chi connectivity index (χ1n) is 8.38. The fourth-order valence-corrected chi connectivity index (χ4v) is 4.17. The summed E-state index contributed by atoms with van der Waals surface area (Å²) >= 11 is 0. The average Bonchev–Trinajstić information content (AvgIpc) is 2.53. The lowest BCUT2D eigenvalue weighted by molar-refractivity contribution is 0.0774. The molecule has 24 heavy (non-hydrogen) atoms. The predicted octanol–water partition coefficient (Wildman–Crippen LogP) is 4.23. The Kier molecular flexibility index (Phi) is 6.58. The smallest absolute Gasteiger partial charge is 0.232 e. The first kappa shape index (κ1) is 19.1. The van der Waals surface area contributed by atoms with Crippen LogP contribution in [-0.2, 0) is 9.05 Å². The summed E-state index contributed by atoms with van der Waals surface area (Å²) in [7, 11) is 1.78. The Morgan fingerprint density at radius 1 is 1.08 bits per heavy atom. The van der Waals surface area contributed by atoms with E-state index in [1.54, 1.807) is 24.3 Å². The number of hydrogen-bond acceptors (Lipinski definition) is 4. The van der Waals surface area contributed by atoms with Gasteiger partial charge in [-0.25, -0.2) is 8.42 Å². The van der Waals surface area contributed by atoms with Crippen LogP contribution >= 0.6 is 10.7 Å². The molecule has 1 aromatic carbocycles. The van der Waals surface area contributed by atoms with Crippen molar-refractivity contribution in [1.82, 2.24) is 0 Å². The largest absolute Gasteiger partial charge is 0.294 e. The molecule has 0 saturated carbocycles. The van der Waals surface area contributed by atoms with Crippen LogP contribution in [-0.4, -0.2) is 25.7 Å². The number of rotatable bonds is 8. The number of fused-ring (bicyclic) bond motifs is 1. The van der Waals surface area contributed by atoms with Gasteiger partial charge < -0.3 is 0 Å². The molecular formula is C18H23ClO4S. The zero-order valence-electron chi connectivity index (χ0n) is 13.8. The van der Waals surface area contributed by atoms with Crippen LogP contribution < -0.4 is 0 Å². The Balaban J connectivity index is 1.82. The van der Waals surface area contributed by atoms with Crippen molar-refractivity contribution in [3.05, 3.63) is 35.4 Å².